The van der Waals surface area contributed by atoms with Crippen LogP contribution in [0.15, 0.2) is 48.5 Å². The van der Waals surface area contributed by atoms with Gasteiger partial charge in [0.1, 0.15) is 18.1 Å². The van der Waals surface area contributed by atoms with Crippen molar-refractivity contribution in [2.45, 2.75) is 13.8 Å². The van der Waals surface area contributed by atoms with E-state index in [1.807, 2.05) is 48.5 Å². The predicted molar refractivity (Wildman–Crippen MR) is 92.2 cm³/mol. The Labute approximate surface area is 137 Å². The lowest BCUT2D eigenvalue weighted by Gasteiger charge is -2.14. The highest BCUT2D eigenvalue weighted by Gasteiger charge is 2.03. The molecule has 0 amide bonds. The van der Waals surface area contributed by atoms with Crippen LogP contribution in [0, 0.1) is 5.92 Å². The molecule has 0 atom stereocenters. The van der Waals surface area contributed by atoms with E-state index >= 15 is 0 Å². The second kappa shape index (κ2) is 8.54. The first-order valence-corrected chi connectivity index (χ1v) is 7.87. The van der Waals surface area contributed by atoms with Crippen molar-refractivity contribution in [1.29, 1.82) is 0 Å². The first-order chi connectivity index (χ1) is 10.6. The van der Waals surface area contributed by atoms with Crippen LogP contribution in [-0.2, 0) is 0 Å². The monoisotopic (exact) mass is 319 g/mol. The van der Waals surface area contributed by atoms with Gasteiger partial charge in [-0.25, -0.2) is 0 Å². The smallest absolute Gasteiger partial charge is 0.142 e. The quantitative estimate of drug-likeness (QED) is 0.704. The molecule has 0 saturated carbocycles. The zero-order valence-electron chi connectivity index (χ0n) is 13.0. The van der Waals surface area contributed by atoms with Gasteiger partial charge in [-0.05, 0) is 42.3 Å². The number of hydrogen-bond acceptors (Lipinski definition) is 3. The number of nitrogens with one attached hydrogen (secondary N) is 1. The Bertz CT molecular complexity index is 570. The molecule has 22 heavy (non-hydrogen) atoms. The summed E-state index contributed by atoms with van der Waals surface area (Å²) in [7, 11) is 0. The molecule has 0 spiro atoms. The zero-order chi connectivity index (χ0) is 15.8. The van der Waals surface area contributed by atoms with Crippen LogP contribution in [0.4, 0.5) is 5.69 Å². The molecule has 118 valence electrons. The van der Waals surface area contributed by atoms with Gasteiger partial charge in [0.2, 0.25) is 0 Å². The Kier molecular flexibility index (Phi) is 6.41. The van der Waals surface area contributed by atoms with Gasteiger partial charge >= 0.3 is 0 Å². The Morgan fingerprint density at radius 2 is 1.73 bits per heavy atom. The molecule has 0 bridgehead atoms. The third-order valence-corrected chi connectivity index (χ3v) is 3.21. The number of para-hydroxylation sites is 2. The summed E-state index contributed by atoms with van der Waals surface area (Å²) in [6.07, 6.45) is 0. The van der Waals surface area contributed by atoms with Gasteiger partial charge in [0.15, 0.2) is 0 Å². The van der Waals surface area contributed by atoms with E-state index in [-0.39, 0.29) is 0 Å². The minimum atomic E-state index is 0.501. The van der Waals surface area contributed by atoms with Gasteiger partial charge in [-0.2, -0.15) is 0 Å². The summed E-state index contributed by atoms with van der Waals surface area (Å²) in [5.41, 5.74) is 0.989. The number of rotatable bonds is 8. The molecule has 4 heteroatoms. The lowest BCUT2D eigenvalue weighted by Crippen LogP contribution is -2.13. The molecule has 0 heterocycles. The zero-order valence-corrected chi connectivity index (χ0v) is 13.8. The standard InChI is InChI=1S/C18H22ClNO2/c1-14(2)13-22-18-6-4-3-5-17(18)20-11-12-21-16-9-7-15(19)8-10-16/h3-10,14,20H,11-13H2,1-2H3. The largest absolute Gasteiger partial charge is 0.492 e. The molecule has 2 aromatic rings. The molecule has 0 saturated heterocycles. The van der Waals surface area contributed by atoms with Crippen molar-refractivity contribution in [3.05, 3.63) is 53.6 Å². The molecule has 0 fully saturated rings. The van der Waals surface area contributed by atoms with Gasteiger partial charge in [-0.3, -0.25) is 0 Å². The highest BCUT2D eigenvalue weighted by molar-refractivity contribution is 6.30. The Morgan fingerprint density at radius 1 is 1.00 bits per heavy atom. The van der Waals surface area contributed by atoms with Crippen molar-refractivity contribution in [3.63, 3.8) is 0 Å². The van der Waals surface area contributed by atoms with Gasteiger partial charge < -0.3 is 14.8 Å². The summed E-state index contributed by atoms with van der Waals surface area (Å²) in [4.78, 5) is 0. The van der Waals surface area contributed by atoms with E-state index in [0.29, 0.717) is 30.7 Å². The highest BCUT2D eigenvalue weighted by atomic mass is 35.5. The minimum absolute atomic E-state index is 0.501. The van der Waals surface area contributed by atoms with Crippen LogP contribution >= 0.6 is 11.6 Å². The SMILES string of the molecule is CC(C)COc1ccccc1NCCOc1ccc(Cl)cc1. The lowest BCUT2D eigenvalue weighted by atomic mass is 10.2. The fourth-order valence-electron chi connectivity index (χ4n) is 1.88. The molecule has 0 radical (unpaired) electrons. The predicted octanol–water partition coefficient (Wildman–Crippen LogP) is 4.87. The average molecular weight is 320 g/mol. The molecule has 0 aromatic heterocycles. The molecule has 0 aliphatic rings. The van der Waals surface area contributed by atoms with Crippen LogP contribution in [0.3, 0.4) is 0 Å². The third kappa shape index (κ3) is 5.49. The second-order valence-corrected chi connectivity index (χ2v) is 5.87. The Balaban J connectivity index is 1.80. The lowest BCUT2D eigenvalue weighted by molar-refractivity contribution is 0.272. The van der Waals surface area contributed by atoms with Crippen LogP contribution in [0.2, 0.25) is 5.02 Å². The topological polar surface area (TPSA) is 30.5 Å². The Hall–Kier alpha value is -1.87. The molecular weight excluding hydrogens is 298 g/mol. The van der Waals surface area contributed by atoms with E-state index in [2.05, 4.69) is 19.2 Å². The molecule has 2 rings (SSSR count). The molecule has 2 aromatic carbocycles. The van der Waals surface area contributed by atoms with Crippen LogP contribution in [0.25, 0.3) is 0 Å². The first kappa shape index (κ1) is 16.5. The van der Waals surface area contributed by atoms with E-state index in [4.69, 9.17) is 21.1 Å². The molecular formula is C18H22ClNO2. The van der Waals surface area contributed by atoms with Crippen molar-refractivity contribution in [1.82, 2.24) is 0 Å². The van der Waals surface area contributed by atoms with Crippen molar-refractivity contribution in [3.8, 4) is 11.5 Å². The molecule has 1 N–H and O–H groups in total. The van der Waals surface area contributed by atoms with E-state index < -0.39 is 0 Å². The van der Waals surface area contributed by atoms with E-state index in [0.717, 1.165) is 17.2 Å². The average Bonchev–Trinajstić information content (AvgIpc) is 2.52. The van der Waals surface area contributed by atoms with Crippen molar-refractivity contribution >= 4 is 17.3 Å². The van der Waals surface area contributed by atoms with Crippen molar-refractivity contribution < 1.29 is 9.47 Å². The number of hydrogen-bond donors (Lipinski definition) is 1. The summed E-state index contributed by atoms with van der Waals surface area (Å²) < 4.78 is 11.5. The van der Waals surface area contributed by atoms with Gasteiger partial charge in [0, 0.05) is 11.6 Å². The summed E-state index contributed by atoms with van der Waals surface area (Å²) in [5, 5.41) is 4.05. The fourth-order valence-corrected chi connectivity index (χ4v) is 2.01. The number of ether oxygens (including phenoxy) is 2. The van der Waals surface area contributed by atoms with Gasteiger partial charge in [-0.1, -0.05) is 37.6 Å². The van der Waals surface area contributed by atoms with E-state index in [1.54, 1.807) is 0 Å². The second-order valence-electron chi connectivity index (χ2n) is 5.43. The maximum absolute atomic E-state index is 5.84. The summed E-state index contributed by atoms with van der Waals surface area (Å²) in [5.74, 6) is 2.19. The molecule has 0 unspecified atom stereocenters. The fraction of sp³-hybridized carbons (Fsp3) is 0.333. The normalized spacial score (nSPS) is 10.5. The van der Waals surface area contributed by atoms with Crippen LogP contribution < -0.4 is 14.8 Å². The van der Waals surface area contributed by atoms with Crippen LogP contribution in [0.5, 0.6) is 11.5 Å². The highest BCUT2D eigenvalue weighted by Crippen LogP contribution is 2.24. The number of anilines is 1. The van der Waals surface area contributed by atoms with Gasteiger partial charge in [-0.15, -0.1) is 0 Å². The summed E-state index contributed by atoms with van der Waals surface area (Å²) in [6.45, 7) is 6.25. The maximum atomic E-state index is 5.84. The summed E-state index contributed by atoms with van der Waals surface area (Å²) in [6, 6.07) is 15.3. The van der Waals surface area contributed by atoms with Gasteiger partial charge in [0.25, 0.3) is 0 Å². The molecule has 0 aliphatic heterocycles. The van der Waals surface area contributed by atoms with Gasteiger partial charge in [0.05, 0.1) is 12.3 Å². The maximum Gasteiger partial charge on any atom is 0.142 e. The van der Waals surface area contributed by atoms with E-state index in [1.165, 1.54) is 0 Å². The number of benzene rings is 2. The van der Waals surface area contributed by atoms with Crippen LogP contribution in [0.1, 0.15) is 13.8 Å². The third-order valence-electron chi connectivity index (χ3n) is 2.96. The number of halogens is 1. The summed E-state index contributed by atoms with van der Waals surface area (Å²) >= 11 is 5.84. The molecule has 0 aliphatic carbocycles. The van der Waals surface area contributed by atoms with Crippen LogP contribution in [-0.4, -0.2) is 19.8 Å². The van der Waals surface area contributed by atoms with Crippen molar-refractivity contribution in [2.24, 2.45) is 5.92 Å². The minimum Gasteiger partial charge on any atom is -0.492 e. The van der Waals surface area contributed by atoms with E-state index in [9.17, 15) is 0 Å². The Morgan fingerprint density at radius 3 is 2.45 bits per heavy atom. The first-order valence-electron chi connectivity index (χ1n) is 7.49. The molecule has 3 nitrogen and oxygen atoms in total. The van der Waals surface area contributed by atoms with Crippen molar-refractivity contribution in [2.75, 3.05) is 25.1 Å².